The molecule has 0 saturated carbocycles. The van der Waals surface area contributed by atoms with E-state index in [4.69, 9.17) is 29.6 Å². The second kappa shape index (κ2) is 6.17. The molecule has 0 bridgehead atoms. The molecule has 0 spiro atoms. The molecule has 3 rings (SSSR count). The van der Waals surface area contributed by atoms with Crippen LogP contribution in [0, 0.1) is 0 Å². The van der Waals surface area contributed by atoms with Crippen LogP contribution in [0.3, 0.4) is 0 Å². The fourth-order valence-electron chi connectivity index (χ4n) is 2.08. The Morgan fingerprint density at radius 3 is 2.62 bits per heavy atom. The van der Waals surface area contributed by atoms with E-state index in [1.165, 1.54) is 0 Å². The van der Waals surface area contributed by atoms with Crippen molar-refractivity contribution in [2.45, 2.75) is 6.54 Å². The summed E-state index contributed by atoms with van der Waals surface area (Å²) in [7, 11) is 0. The molecule has 0 radical (unpaired) electrons. The lowest BCUT2D eigenvalue weighted by Crippen LogP contribution is -2.17. The number of pyridine rings is 1. The Kier molecular flexibility index (Phi) is 4.52. The molecule has 0 saturated heterocycles. The van der Waals surface area contributed by atoms with E-state index in [1.807, 2.05) is 41.0 Å². The molecule has 0 aliphatic rings. The number of thiocarbonyl (C=S) groups is 1. The molecule has 0 aliphatic heterocycles. The lowest BCUT2D eigenvalue weighted by molar-refractivity contribution is 0.824. The van der Waals surface area contributed by atoms with Crippen LogP contribution in [0.4, 0.5) is 0 Å². The maximum Gasteiger partial charge on any atom is 0.160 e. The third-order valence-electron chi connectivity index (χ3n) is 2.92. The first kappa shape index (κ1) is 15.4. The first-order valence-corrected chi connectivity index (χ1v) is 6.79. The quantitative estimate of drug-likeness (QED) is 0.749. The van der Waals surface area contributed by atoms with Crippen molar-refractivity contribution in [3.05, 3.63) is 47.6 Å². The Morgan fingerprint density at radius 2 is 1.95 bits per heavy atom. The third-order valence-corrected chi connectivity index (χ3v) is 3.30. The van der Waals surface area contributed by atoms with E-state index in [-0.39, 0.29) is 5.48 Å². The molecular formula is C14H13ClN4OS. The summed E-state index contributed by atoms with van der Waals surface area (Å²) in [6.07, 6.45) is 1.73. The molecule has 5 nitrogen and oxygen atoms in total. The van der Waals surface area contributed by atoms with Gasteiger partial charge in [-0.2, -0.15) is 0 Å². The van der Waals surface area contributed by atoms with E-state index in [0.29, 0.717) is 16.6 Å². The zero-order valence-corrected chi connectivity index (χ0v) is 12.5. The van der Waals surface area contributed by atoms with Gasteiger partial charge in [-0.25, -0.2) is 9.97 Å². The zero-order chi connectivity index (χ0) is 14.1. The molecule has 2 heterocycles. The Morgan fingerprint density at radius 1 is 1.24 bits per heavy atom. The highest BCUT2D eigenvalue weighted by molar-refractivity contribution is 7.80. The Bertz CT molecular complexity index is 785. The van der Waals surface area contributed by atoms with E-state index in [1.54, 1.807) is 6.20 Å². The first-order chi connectivity index (χ1) is 9.65. The largest absolute Gasteiger partial charge is 0.412 e. The monoisotopic (exact) mass is 320 g/mol. The highest BCUT2D eigenvalue weighted by Gasteiger charge is 2.13. The zero-order valence-electron chi connectivity index (χ0n) is 11.0. The standard InChI is InChI=1S/C14H11ClN4S.H2O/c15-10-5-3-9(4-6-10)13-18-11-2-1-7-17-14(11)19(13)8-12(16)20;/h1-7H,8H2,(H2,16,20);1H2. The second-order valence-electron chi connectivity index (χ2n) is 4.34. The summed E-state index contributed by atoms with van der Waals surface area (Å²) in [5, 5.41) is 0.684. The summed E-state index contributed by atoms with van der Waals surface area (Å²) < 4.78 is 1.92. The summed E-state index contributed by atoms with van der Waals surface area (Å²) in [6, 6.07) is 11.3. The lowest BCUT2D eigenvalue weighted by atomic mass is 10.2. The highest BCUT2D eigenvalue weighted by Crippen LogP contribution is 2.24. The molecule has 0 atom stereocenters. The second-order valence-corrected chi connectivity index (χ2v) is 5.30. The minimum Gasteiger partial charge on any atom is -0.412 e. The van der Waals surface area contributed by atoms with Crippen LogP contribution in [0.2, 0.25) is 5.02 Å². The van der Waals surface area contributed by atoms with Gasteiger partial charge in [0, 0.05) is 16.8 Å². The molecule has 0 aliphatic carbocycles. The maximum absolute atomic E-state index is 5.92. The Hall–Kier alpha value is -2.02. The van der Waals surface area contributed by atoms with Gasteiger partial charge in [0.15, 0.2) is 5.65 Å². The number of benzene rings is 1. The highest BCUT2D eigenvalue weighted by atomic mass is 35.5. The molecular weight excluding hydrogens is 308 g/mol. The average molecular weight is 321 g/mol. The van der Waals surface area contributed by atoms with Gasteiger partial charge in [-0.05, 0) is 36.4 Å². The number of halogens is 1. The van der Waals surface area contributed by atoms with E-state index in [2.05, 4.69) is 9.97 Å². The number of rotatable bonds is 3. The van der Waals surface area contributed by atoms with Crippen molar-refractivity contribution in [1.82, 2.24) is 14.5 Å². The topological polar surface area (TPSA) is 88.2 Å². The maximum atomic E-state index is 5.92. The van der Waals surface area contributed by atoms with Gasteiger partial charge in [0.2, 0.25) is 0 Å². The number of imidazole rings is 1. The summed E-state index contributed by atoms with van der Waals surface area (Å²) in [5.41, 5.74) is 8.21. The van der Waals surface area contributed by atoms with Gasteiger partial charge in [0.25, 0.3) is 0 Å². The molecule has 0 unspecified atom stereocenters. The summed E-state index contributed by atoms with van der Waals surface area (Å²) in [6.45, 7) is 0.404. The molecule has 21 heavy (non-hydrogen) atoms. The number of nitrogens with two attached hydrogens (primary N) is 1. The van der Waals surface area contributed by atoms with Crippen LogP contribution in [-0.4, -0.2) is 25.0 Å². The number of hydrogen-bond donors (Lipinski definition) is 1. The molecule has 7 heteroatoms. The van der Waals surface area contributed by atoms with E-state index >= 15 is 0 Å². The molecule has 2 aromatic heterocycles. The van der Waals surface area contributed by atoms with Gasteiger partial charge >= 0.3 is 0 Å². The predicted octanol–water partition coefficient (Wildman–Crippen LogP) is 2.21. The summed E-state index contributed by atoms with van der Waals surface area (Å²) >= 11 is 10.9. The van der Waals surface area contributed by atoms with E-state index in [9.17, 15) is 0 Å². The van der Waals surface area contributed by atoms with Gasteiger partial charge in [-0.1, -0.05) is 23.8 Å². The van der Waals surface area contributed by atoms with Crippen LogP contribution in [0.25, 0.3) is 22.6 Å². The molecule has 4 N–H and O–H groups in total. The minimum atomic E-state index is 0. The van der Waals surface area contributed by atoms with E-state index in [0.717, 1.165) is 22.6 Å². The number of hydrogen-bond acceptors (Lipinski definition) is 3. The molecule has 0 amide bonds. The molecule has 1 aromatic carbocycles. The van der Waals surface area contributed by atoms with Gasteiger partial charge in [-0.3, -0.25) is 0 Å². The van der Waals surface area contributed by atoms with Gasteiger partial charge in [0.1, 0.15) is 11.3 Å². The summed E-state index contributed by atoms with van der Waals surface area (Å²) in [4.78, 5) is 9.36. The number of nitrogens with zero attached hydrogens (tertiary/aromatic N) is 3. The van der Waals surface area contributed by atoms with Gasteiger partial charge < -0.3 is 15.8 Å². The van der Waals surface area contributed by atoms with Crippen LogP contribution >= 0.6 is 23.8 Å². The predicted molar refractivity (Wildman–Crippen MR) is 88.4 cm³/mol. The number of fused-ring (bicyclic) bond motifs is 1. The third kappa shape index (κ3) is 3.02. The Balaban J connectivity index is 0.00000161. The number of aromatic nitrogens is 3. The van der Waals surface area contributed by atoms with Gasteiger partial charge in [-0.15, -0.1) is 0 Å². The fraction of sp³-hybridized carbons (Fsp3) is 0.0714. The van der Waals surface area contributed by atoms with Crippen LogP contribution in [0.5, 0.6) is 0 Å². The van der Waals surface area contributed by atoms with Crippen molar-refractivity contribution in [1.29, 1.82) is 0 Å². The van der Waals surface area contributed by atoms with Crippen molar-refractivity contribution < 1.29 is 5.48 Å². The van der Waals surface area contributed by atoms with Crippen LogP contribution < -0.4 is 5.73 Å². The fourth-order valence-corrected chi connectivity index (χ4v) is 2.34. The van der Waals surface area contributed by atoms with Gasteiger partial charge in [0.05, 0.1) is 11.5 Å². The van der Waals surface area contributed by atoms with Crippen molar-refractivity contribution in [2.75, 3.05) is 0 Å². The van der Waals surface area contributed by atoms with Crippen molar-refractivity contribution >= 4 is 40.0 Å². The Labute approximate surface area is 131 Å². The smallest absolute Gasteiger partial charge is 0.160 e. The van der Waals surface area contributed by atoms with Crippen LogP contribution in [-0.2, 0) is 6.54 Å². The molecule has 0 fully saturated rings. The normalized spacial score (nSPS) is 10.3. The van der Waals surface area contributed by atoms with E-state index < -0.39 is 0 Å². The molecule has 3 aromatic rings. The van der Waals surface area contributed by atoms with Crippen molar-refractivity contribution in [2.24, 2.45) is 5.73 Å². The van der Waals surface area contributed by atoms with Crippen LogP contribution in [0.1, 0.15) is 0 Å². The van der Waals surface area contributed by atoms with Crippen molar-refractivity contribution in [3.63, 3.8) is 0 Å². The molecule has 108 valence electrons. The first-order valence-electron chi connectivity index (χ1n) is 6.00. The van der Waals surface area contributed by atoms with Crippen LogP contribution in [0.15, 0.2) is 42.6 Å². The lowest BCUT2D eigenvalue weighted by Gasteiger charge is -2.07. The minimum absolute atomic E-state index is 0. The SMILES string of the molecule is NC(=S)Cn1c(-c2ccc(Cl)cc2)nc2cccnc21.O. The average Bonchev–Trinajstić information content (AvgIpc) is 2.78. The van der Waals surface area contributed by atoms with Crippen molar-refractivity contribution in [3.8, 4) is 11.4 Å². The summed E-state index contributed by atoms with van der Waals surface area (Å²) in [5.74, 6) is 0.781.